The van der Waals surface area contributed by atoms with Crippen LogP contribution in [0.1, 0.15) is 18.2 Å². The molecule has 0 fully saturated rings. The largest absolute Gasteiger partial charge is 0.433 e. The zero-order valence-corrected chi connectivity index (χ0v) is 12.0. The van der Waals surface area contributed by atoms with E-state index in [1.54, 1.807) is 6.92 Å². The molecular weight excluding hydrogens is 319 g/mol. The number of anilines is 2. The van der Waals surface area contributed by atoms with Crippen LogP contribution >= 0.6 is 0 Å². The molecule has 0 atom stereocenters. The Kier molecular flexibility index (Phi) is 4.97. The maximum Gasteiger partial charge on any atom is 0.433 e. The molecule has 2 N–H and O–H groups in total. The summed E-state index contributed by atoms with van der Waals surface area (Å²) in [5, 5.41) is 5.20. The van der Waals surface area contributed by atoms with Crippen molar-refractivity contribution in [2.75, 3.05) is 17.2 Å². The van der Waals surface area contributed by atoms with E-state index in [9.17, 15) is 22.0 Å². The lowest BCUT2D eigenvalue weighted by Gasteiger charge is -2.12. The Hall–Kier alpha value is -2.45. The number of nitrogens with one attached hydrogen (secondary N) is 2. The SMILES string of the molecule is CCNc1nc(NCc2cc(F)cc(F)c2)cc(C(F)(F)F)n1. The first kappa shape index (κ1) is 16.9. The smallest absolute Gasteiger partial charge is 0.366 e. The Morgan fingerprint density at radius 1 is 0.957 bits per heavy atom. The molecule has 1 heterocycles. The van der Waals surface area contributed by atoms with Crippen molar-refractivity contribution in [2.45, 2.75) is 19.6 Å². The molecule has 0 unspecified atom stereocenters. The second kappa shape index (κ2) is 6.76. The van der Waals surface area contributed by atoms with Crippen molar-refractivity contribution in [1.82, 2.24) is 9.97 Å². The zero-order chi connectivity index (χ0) is 17.0. The van der Waals surface area contributed by atoms with E-state index >= 15 is 0 Å². The number of alkyl halides is 3. The van der Waals surface area contributed by atoms with Gasteiger partial charge in [0.2, 0.25) is 5.95 Å². The minimum atomic E-state index is -4.63. The number of hydrogen-bond acceptors (Lipinski definition) is 4. The van der Waals surface area contributed by atoms with E-state index in [4.69, 9.17) is 0 Å². The lowest BCUT2D eigenvalue weighted by molar-refractivity contribution is -0.141. The van der Waals surface area contributed by atoms with Crippen LogP contribution in [0.15, 0.2) is 24.3 Å². The Bertz CT molecular complexity index is 667. The van der Waals surface area contributed by atoms with E-state index in [1.807, 2.05) is 0 Å². The molecular formula is C14H13F5N4. The Morgan fingerprint density at radius 3 is 2.17 bits per heavy atom. The minimum Gasteiger partial charge on any atom is -0.366 e. The van der Waals surface area contributed by atoms with Crippen molar-refractivity contribution < 1.29 is 22.0 Å². The van der Waals surface area contributed by atoms with Gasteiger partial charge < -0.3 is 10.6 Å². The summed E-state index contributed by atoms with van der Waals surface area (Å²) >= 11 is 0. The molecule has 0 amide bonds. The topological polar surface area (TPSA) is 49.8 Å². The van der Waals surface area contributed by atoms with Crippen LogP contribution in [0.5, 0.6) is 0 Å². The van der Waals surface area contributed by atoms with Crippen molar-refractivity contribution in [3.05, 3.63) is 47.2 Å². The van der Waals surface area contributed by atoms with Gasteiger partial charge in [0.05, 0.1) is 0 Å². The molecule has 0 radical (unpaired) electrons. The van der Waals surface area contributed by atoms with Gasteiger partial charge in [0, 0.05) is 25.2 Å². The summed E-state index contributed by atoms with van der Waals surface area (Å²) in [6.45, 7) is 1.94. The maximum absolute atomic E-state index is 13.1. The number of nitrogens with zero attached hydrogens (tertiary/aromatic N) is 2. The number of benzene rings is 1. The van der Waals surface area contributed by atoms with Crippen LogP contribution < -0.4 is 10.6 Å². The summed E-state index contributed by atoms with van der Waals surface area (Å²) in [7, 11) is 0. The van der Waals surface area contributed by atoms with E-state index in [0.29, 0.717) is 12.6 Å². The molecule has 0 saturated heterocycles. The highest BCUT2D eigenvalue weighted by Crippen LogP contribution is 2.29. The standard InChI is InChI=1S/C14H13F5N4/c1-2-20-13-22-11(14(17,18)19)6-12(23-13)21-7-8-3-9(15)5-10(16)4-8/h3-6H,2,7H2,1H3,(H2,20,21,22,23). The van der Waals surface area contributed by atoms with Gasteiger partial charge in [-0.15, -0.1) is 0 Å². The molecule has 0 saturated carbocycles. The van der Waals surface area contributed by atoms with Gasteiger partial charge in [0.25, 0.3) is 0 Å². The summed E-state index contributed by atoms with van der Waals surface area (Å²) < 4.78 is 64.6. The van der Waals surface area contributed by atoms with E-state index in [0.717, 1.165) is 18.2 Å². The van der Waals surface area contributed by atoms with Gasteiger partial charge >= 0.3 is 6.18 Å². The molecule has 0 aliphatic heterocycles. The number of hydrogen-bond donors (Lipinski definition) is 2. The molecule has 0 bridgehead atoms. The van der Waals surface area contributed by atoms with Gasteiger partial charge in [0.15, 0.2) is 5.69 Å². The fourth-order valence-electron chi connectivity index (χ4n) is 1.83. The normalized spacial score (nSPS) is 11.4. The van der Waals surface area contributed by atoms with Crippen LogP contribution in [-0.4, -0.2) is 16.5 Å². The average molecular weight is 332 g/mol. The fraction of sp³-hybridized carbons (Fsp3) is 0.286. The quantitative estimate of drug-likeness (QED) is 0.818. The number of rotatable bonds is 5. The Labute approximate surface area is 128 Å². The van der Waals surface area contributed by atoms with Crippen molar-refractivity contribution in [3.63, 3.8) is 0 Å². The van der Waals surface area contributed by atoms with Gasteiger partial charge in [-0.05, 0) is 24.6 Å². The van der Waals surface area contributed by atoms with E-state index in [1.165, 1.54) is 0 Å². The second-order valence-corrected chi connectivity index (χ2v) is 4.62. The highest BCUT2D eigenvalue weighted by molar-refractivity contribution is 5.43. The molecule has 1 aromatic carbocycles. The van der Waals surface area contributed by atoms with Gasteiger partial charge in [-0.2, -0.15) is 18.2 Å². The summed E-state index contributed by atoms with van der Waals surface area (Å²) in [5.41, 5.74) is -0.879. The Balaban J connectivity index is 2.22. The third-order valence-corrected chi connectivity index (χ3v) is 2.75. The predicted molar refractivity (Wildman–Crippen MR) is 74.9 cm³/mol. The fourth-order valence-corrected chi connectivity index (χ4v) is 1.83. The molecule has 9 heteroatoms. The van der Waals surface area contributed by atoms with Gasteiger partial charge in [-0.25, -0.2) is 13.8 Å². The van der Waals surface area contributed by atoms with Gasteiger partial charge in [-0.3, -0.25) is 0 Å². The van der Waals surface area contributed by atoms with Crippen LogP contribution in [0, 0.1) is 11.6 Å². The van der Waals surface area contributed by atoms with Crippen LogP contribution in [0.4, 0.5) is 33.7 Å². The second-order valence-electron chi connectivity index (χ2n) is 4.62. The molecule has 23 heavy (non-hydrogen) atoms. The molecule has 0 aliphatic rings. The highest BCUT2D eigenvalue weighted by atomic mass is 19.4. The molecule has 1 aromatic heterocycles. The van der Waals surface area contributed by atoms with Crippen LogP contribution in [-0.2, 0) is 12.7 Å². The first-order chi connectivity index (χ1) is 10.8. The van der Waals surface area contributed by atoms with Crippen molar-refractivity contribution in [1.29, 1.82) is 0 Å². The summed E-state index contributed by atoms with van der Waals surface area (Å²) in [6.07, 6.45) is -4.63. The lowest BCUT2D eigenvalue weighted by atomic mass is 10.2. The lowest BCUT2D eigenvalue weighted by Crippen LogP contribution is -2.14. The maximum atomic E-state index is 13.1. The van der Waals surface area contributed by atoms with Crippen LogP contribution in [0.25, 0.3) is 0 Å². The predicted octanol–water partition coefficient (Wildman–Crippen LogP) is 3.82. The first-order valence-corrected chi connectivity index (χ1v) is 6.67. The Morgan fingerprint density at radius 2 is 1.61 bits per heavy atom. The molecule has 2 rings (SSSR count). The third kappa shape index (κ3) is 4.76. The van der Waals surface area contributed by atoms with Crippen molar-refractivity contribution in [3.8, 4) is 0 Å². The van der Waals surface area contributed by atoms with E-state index < -0.39 is 23.5 Å². The zero-order valence-electron chi connectivity index (χ0n) is 12.0. The minimum absolute atomic E-state index is 0.0887. The van der Waals surface area contributed by atoms with E-state index in [-0.39, 0.29) is 23.9 Å². The number of halogens is 5. The first-order valence-electron chi connectivity index (χ1n) is 6.67. The summed E-state index contributed by atoms with van der Waals surface area (Å²) in [5.74, 6) is -1.83. The van der Waals surface area contributed by atoms with Crippen molar-refractivity contribution in [2.24, 2.45) is 0 Å². The highest BCUT2D eigenvalue weighted by Gasteiger charge is 2.33. The average Bonchev–Trinajstić information content (AvgIpc) is 2.43. The van der Waals surface area contributed by atoms with Crippen LogP contribution in [0.3, 0.4) is 0 Å². The molecule has 4 nitrogen and oxygen atoms in total. The van der Waals surface area contributed by atoms with E-state index in [2.05, 4.69) is 20.6 Å². The summed E-state index contributed by atoms with van der Waals surface area (Å²) in [4.78, 5) is 7.25. The molecule has 0 spiro atoms. The van der Waals surface area contributed by atoms with Gasteiger partial charge in [-0.1, -0.05) is 0 Å². The van der Waals surface area contributed by atoms with Gasteiger partial charge in [0.1, 0.15) is 17.5 Å². The third-order valence-electron chi connectivity index (χ3n) is 2.75. The summed E-state index contributed by atoms with van der Waals surface area (Å²) in [6, 6.07) is 3.59. The number of aromatic nitrogens is 2. The van der Waals surface area contributed by atoms with Crippen molar-refractivity contribution >= 4 is 11.8 Å². The molecule has 0 aliphatic carbocycles. The van der Waals surface area contributed by atoms with Crippen LogP contribution in [0.2, 0.25) is 0 Å². The molecule has 124 valence electrons. The molecule has 2 aromatic rings. The monoisotopic (exact) mass is 332 g/mol.